The highest BCUT2D eigenvalue weighted by atomic mass is 16.5. The number of ether oxygens (including phenoxy) is 1. The fourth-order valence-electron chi connectivity index (χ4n) is 0.838. The summed E-state index contributed by atoms with van der Waals surface area (Å²) >= 11 is 0. The summed E-state index contributed by atoms with van der Waals surface area (Å²) in [5.74, 6) is -0.276. The van der Waals surface area contributed by atoms with E-state index >= 15 is 0 Å². The minimum Gasteiger partial charge on any atom is -0.463 e. The molecular formula is C10H18O3. The Morgan fingerprint density at radius 3 is 2.85 bits per heavy atom. The molecular weight excluding hydrogens is 168 g/mol. The molecule has 0 amide bonds. The van der Waals surface area contributed by atoms with E-state index < -0.39 is 0 Å². The van der Waals surface area contributed by atoms with E-state index in [4.69, 9.17) is 5.11 Å². The van der Waals surface area contributed by atoms with E-state index in [2.05, 4.69) is 11.7 Å². The van der Waals surface area contributed by atoms with Gasteiger partial charge in [0.05, 0.1) is 13.0 Å². The van der Waals surface area contributed by atoms with Gasteiger partial charge in [-0.2, -0.15) is 0 Å². The van der Waals surface area contributed by atoms with Gasteiger partial charge in [-0.15, -0.1) is 0 Å². The van der Waals surface area contributed by atoms with E-state index in [1.165, 1.54) is 6.42 Å². The van der Waals surface area contributed by atoms with Crippen LogP contribution in [0.1, 0.15) is 32.6 Å². The van der Waals surface area contributed by atoms with Crippen LogP contribution >= 0.6 is 0 Å². The van der Waals surface area contributed by atoms with Crippen molar-refractivity contribution in [2.24, 2.45) is 0 Å². The maximum atomic E-state index is 10.9. The van der Waals surface area contributed by atoms with Crippen LogP contribution in [0.4, 0.5) is 0 Å². The molecule has 13 heavy (non-hydrogen) atoms. The highest BCUT2D eigenvalue weighted by molar-refractivity contribution is 5.71. The summed E-state index contributed by atoms with van der Waals surface area (Å²) in [5.41, 5.74) is 0. The van der Waals surface area contributed by atoms with Gasteiger partial charge in [0.1, 0.15) is 6.61 Å². The average molecular weight is 186 g/mol. The third kappa shape index (κ3) is 9.08. The third-order valence-electron chi connectivity index (χ3n) is 1.53. The predicted molar refractivity (Wildman–Crippen MR) is 51.3 cm³/mol. The number of rotatable bonds is 7. The molecule has 0 rings (SSSR count). The predicted octanol–water partition coefficient (Wildman–Crippen LogP) is 1.66. The summed E-state index contributed by atoms with van der Waals surface area (Å²) in [7, 11) is 0. The molecule has 3 nitrogen and oxygen atoms in total. The van der Waals surface area contributed by atoms with Crippen LogP contribution in [0.5, 0.6) is 0 Å². The van der Waals surface area contributed by atoms with E-state index in [1.54, 1.807) is 0 Å². The Balaban J connectivity index is 3.29. The normalized spacial score (nSPS) is 10.6. The quantitative estimate of drug-likeness (QED) is 0.373. The van der Waals surface area contributed by atoms with E-state index in [-0.39, 0.29) is 19.2 Å². The summed E-state index contributed by atoms with van der Waals surface area (Å²) in [4.78, 5) is 10.9. The SMILES string of the molecule is CCCCC=CCC(=O)OCCO. The number of allylic oxidation sites excluding steroid dienone is 1. The lowest BCUT2D eigenvalue weighted by Gasteiger charge is -1.98. The molecule has 0 heterocycles. The topological polar surface area (TPSA) is 46.5 Å². The largest absolute Gasteiger partial charge is 0.463 e. The Bertz CT molecular complexity index is 152. The first-order chi connectivity index (χ1) is 6.31. The minimum absolute atomic E-state index is 0.0988. The molecule has 0 bridgehead atoms. The molecule has 0 aromatic rings. The van der Waals surface area contributed by atoms with Crippen LogP contribution in [0.15, 0.2) is 12.2 Å². The molecule has 0 aromatic carbocycles. The van der Waals surface area contributed by atoms with Gasteiger partial charge < -0.3 is 9.84 Å². The lowest BCUT2D eigenvalue weighted by Crippen LogP contribution is -2.06. The molecule has 0 spiro atoms. The Morgan fingerprint density at radius 2 is 2.23 bits per heavy atom. The van der Waals surface area contributed by atoms with E-state index in [0.717, 1.165) is 12.8 Å². The molecule has 0 saturated heterocycles. The molecule has 0 fully saturated rings. The summed E-state index contributed by atoms with van der Waals surface area (Å²) in [5, 5.41) is 8.36. The van der Waals surface area contributed by atoms with Crippen LogP contribution in [-0.4, -0.2) is 24.3 Å². The van der Waals surface area contributed by atoms with Gasteiger partial charge in [0.25, 0.3) is 0 Å². The van der Waals surface area contributed by atoms with Gasteiger partial charge in [-0.25, -0.2) is 0 Å². The molecule has 3 heteroatoms. The van der Waals surface area contributed by atoms with Crippen LogP contribution in [0.2, 0.25) is 0 Å². The van der Waals surface area contributed by atoms with Gasteiger partial charge in [-0.3, -0.25) is 4.79 Å². The fraction of sp³-hybridized carbons (Fsp3) is 0.700. The lowest BCUT2D eigenvalue weighted by molar-refractivity contribution is -0.143. The number of aliphatic hydroxyl groups is 1. The second kappa shape index (κ2) is 9.26. The maximum Gasteiger partial charge on any atom is 0.309 e. The standard InChI is InChI=1S/C10H18O3/c1-2-3-4-5-6-7-10(12)13-9-8-11/h5-6,11H,2-4,7-9H2,1H3. The van der Waals surface area contributed by atoms with Gasteiger partial charge >= 0.3 is 5.97 Å². The van der Waals surface area contributed by atoms with Crippen molar-refractivity contribution < 1.29 is 14.6 Å². The smallest absolute Gasteiger partial charge is 0.309 e. The number of hydrogen-bond acceptors (Lipinski definition) is 3. The van der Waals surface area contributed by atoms with Crippen LogP contribution < -0.4 is 0 Å². The molecule has 0 aliphatic rings. The zero-order chi connectivity index (χ0) is 9.94. The zero-order valence-electron chi connectivity index (χ0n) is 8.16. The highest BCUT2D eigenvalue weighted by Gasteiger charge is 1.96. The second-order valence-electron chi connectivity index (χ2n) is 2.76. The van der Waals surface area contributed by atoms with Crippen molar-refractivity contribution in [2.45, 2.75) is 32.6 Å². The lowest BCUT2D eigenvalue weighted by atomic mass is 10.2. The molecule has 0 aliphatic carbocycles. The number of esters is 1. The van der Waals surface area contributed by atoms with Gasteiger partial charge in [-0.05, 0) is 6.42 Å². The molecule has 1 N–H and O–H groups in total. The van der Waals surface area contributed by atoms with Crippen LogP contribution in [0.25, 0.3) is 0 Å². The summed E-state index contributed by atoms with van der Waals surface area (Å²) in [6.07, 6.45) is 7.45. The van der Waals surface area contributed by atoms with E-state index in [9.17, 15) is 4.79 Å². The van der Waals surface area contributed by atoms with Gasteiger partial charge in [0, 0.05) is 0 Å². The first-order valence-electron chi connectivity index (χ1n) is 4.72. The second-order valence-corrected chi connectivity index (χ2v) is 2.76. The molecule has 0 aromatic heterocycles. The van der Waals surface area contributed by atoms with E-state index in [1.807, 2.05) is 12.2 Å². The van der Waals surface area contributed by atoms with Crippen molar-refractivity contribution in [1.82, 2.24) is 0 Å². The van der Waals surface area contributed by atoms with Crippen molar-refractivity contribution in [3.8, 4) is 0 Å². The summed E-state index contributed by atoms with van der Waals surface area (Å²) in [6.45, 7) is 2.12. The van der Waals surface area contributed by atoms with E-state index in [0.29, 0.717) is 6.42 Å². The van der Waals surface area contributed by atoms with Crippen molar-refractivity contribution in [1.29, 1.82) is 0 Å². The van der Waals surface area contributed by atoms with Crippen molar-refractivity contribution in [2.75, 3.05) is 13.2 Å². The third-order valence-corrected chi connectivity index (χ3v) is 1.53. The summed E-state index contributed by atoms with van der Waals surface area (Å²) < 4.78 is 4.66. The number of hydrogen-bond donors (Lipinski definition) is 1. The van der Waals surface area contributed by atoms with Crippen LogP contribution in [0.3, 0.4) is 0 Å². The Morgan fingerprint density at radius 1 is 1.46 bits per heavy atom. The highest BCUT2D eigenvalue weighted by Crippen LogP contribution is 1.96. The zero-order valence-corrected chi connectivity index (χ0v) is 8.16. The van der Waals surface area contributed by atoms with Crippen LogP contribution in [0, 0.1) is 0 Å². The van der Waals surface area contributed by atoms with Gasteiger partial charge in [-0.1, -0.05) is 31.9 Å². The molecule has 0 aliphatic heterocycles. The summed E-state index contributed by atoms with van der Waals surface area (Å²) in [6, 6.07) is 0. The Kier molecular flexibility index (Phi) is 8.67. The Hall–Kier alpha value is -0.830. The first-order valence-corrected chi connectivity index (χ1v) is 4.72. The number of aliphatic hydroxyl groups excluding tert-OH is 1. The molecule has 0 unspecified atom stereocenters. The van der Waals surface area contributed by atoms with Crippen LogP contribution in [-0.2, 0) is 9.53 Å². The van der Waals surface area contributed by atoms with Gasteiger partial charge in [0.15, 0.2) is 0 Å². The molecule has 76 valence electrons. The fourth-order valence-corrected chi connectivity index (χ4v) is 0.838. The monoisotopic (exact) mass is 186 g/mol. The molecule has 0 radical (unpaired) electrons. The number of carbonyl (C=O) groups excluding carboxylic acids is 1. The molecule has 0 atom stereocenters. The average Bonchev–Trinajstić information content (AvgIpc) is 2.14. The first kappa shape index (κ1) is 12.2. The van der Waals surface area contributed by atoms with Crippen molar-refractivity contribution >= 4 is 5.97 Å². The minimum atomic E-state index is -0.276. The number of carbonyl (C=O) groups is 1. The molecule has 0 saturated carbocycles. The Labute approximate surface area is 79.4 Å². The van der Waals surface area contributed by atoms with Crippen molar-refractivity contribution in [3.05, 3.63) is 12.2 Å². The van der Waals surface area contributed by atoms with Crippen molar-refractivity contribution in [3.63, 3.8) is 0 Å². The number of unbranched alkanes of at least 4 members (excludes halogenated alkanes) is 2. The maximum absolute atomic E-state index is 10.9. The van der Waals surface area contributed by atoms with Gasteiger partial charge in [0.2, 0.25) is 0 Å².